The van der Waals surface area contributed by atoms with Crippen molar-refractivity contribution in [3.05, 3.63) is 53.6 Å². The predicted molar refractivity (Wildman–Crippen MR) is 87.5 cm³/mol. The lowest BCUT2D eigenvalue weighted by Crippen LogP contribution is -2.37. The number of carbonyl (C=O) groups is 1. The van der Waals surface area contributed by atoms with Gasteiger partial charge in [-0.25, -0.2) is 0 Å². The van der Waals surface area contributed by atoms with E-state index in [1.807, 2.05) is 24.3 Å². The van der Waals surface area contributed by atoms with Crippen molar-refractivity contribution in [1.29, 1.82) is 0 Å². The van der Waals surface area contributed by atoms with Gasteiger partial charge < -0.3 is 14.6 Å². The number of fused-ring (bicyclic) bond motifs is 1. The van der Waals surface area contributed by atoms with Gasteiger partial charge in [-0.1, -0.05) is 32.9 Å². The summed E-state index contributed by atoms with van der Waals surface area (Å²) in [6, 6.07) is 12.2. The highest BCUT2D eigenvalue weighted by molar-refractivity contribution is 6.03. The minimum atomic E-state index is -0.674. The third kappa shape index (κ3) is 3.16. The van der Waals surface area contributed by atoms with E-state index in [4.69, 9.17) is 9.47 Å². The molecule has 0 radical (unpaired) electrons. The summed E-state index contributed by atoms with van der Waals surface area (Å²) in [5.41, 5.74) is 1.71. The number of hydrogen-bond acceptors (Lipinski definition) is 4. The Morgan fingerprint density at radius 2 is 1.83 bits per heavy atom. The van der Waals surface area contributed by atoms with Crippen molar-refractivity contribution in [2.75, 3.05) is 6.61 Å². The fourth-order valence-electron chi connectivity index (χ4n) is 2.53. The van der Waals surface area contributed by atoms with Crippen molar-refractivity contribution in [2.24, 2.45) is 0 Å². The summed E-state index contributed by atoms with van der Waals surface area (Å²) >= 11 is 0. The fourth-order valence-corrected chi connectivity index (χ4v) is 2.53. The topological polar surface area (TPSA) is 55.8 Å². The van der Waals surface area contributed by atoms with Crippen LogP contribution in [0.2, 0.25) is 0 Å². The van der Waals surface area contributed by atoms with Crippen LogP contribution in [0.3, 0.4) is 0 Å². The largest absolute Gasteiger partial charge is 0.508 e. The minimum absolute atomic E-state index is 0.0727. The summed E-state index contributed by atoms with van der Waals surface area (Å²) in [5.74, 6) is 0.986. The number of carbonyl (C=O) groups excluding carboxylic acids is 1. The highest BCUT2D eigenvalue weighted by atomic mass is 16.5. The van der Waals surface area contributed by atoms with E-state index < -0.39 is 6.10 Å². The molecule has 4 heteroatoms. The fraction of sp³-hybridized carbons (Fsp3) is 0.316. The summed E-state index contributed by atoms with van der Waals surface area (Å²) in [5, 5.41) is 9.44. The maximum atomic E-state index is 12.5. The van der Waals surface area contributed by atoms with Gasteiger partial charge in [-0.3, -0.25) is 4.79 Å². The Bertz CT molecular complexity index is 726. The normalized spacial score (nSPS) is 17.3. The van der Waals surface area contributed by atoms with E-state index in [0.717, 1.165) is 0 Å². The highest BCUT2D eigenvalue weighted by Crippen LogP contribution is 2.30. The molecule has 0 saturated heterocycles. The van der Waals surface area contributed by atoms with Crippen LogP contribution in [0, 0.1) is 0 Å². The Hall–Kier alpha value is -2.49. The van der Waals surface area contributed by atoms with Crippen molar-refractivity contribution in [3.63, 3.8) is 0 Å². The van der Waals surface area contributed by atoms with Crippen LogP contribution in [0.15, 0.2) is 42.5 Å². The van der Waals surface area contributed by atoms with E-state index >= 15 is 0 Å². The molecule has 1 unspecified atom stereocenters. The Balaban J connectivity index is 1.76. The minimum Gasteiger partial charge on any atom is -0.508 e. The van der Waals surface area contributed by atoms with Gasteiger partial charge in [0, 0.05) is 6.07 Å². The molecule has 1 aliphatic rings. The molecule has 23 heavy (non-hydrogen) atoms. The number of ether oxygens (including phenoxy) is 2. The maximum absolute atomic E-state index is 12.5. The van der Waals surface area contributed by atoms with Gasteiger partial charge in [0.15, 0.2) is 6.10 Å². The van der Waals surface area contributed by atoms with Crippen molar-refractivity contribution in [3.8, 4) is 17.2 Å². The molecular formula is C19H20O4. The van der Waals surface area contributed by atoms with Crippen LogP contribution in [0.25, 0.3) is 0 Å². The smallest absolute Gasteiger partial charge is 0.210 e. The van der Waals surface area contributed by atoms with Gasteiger partial charge in [0.05, 0.1) is 5.56 Å². The summed E-state index contributed by atoms with van der Waals surface area (Å²) in [7, 11) is 0. The van der Waals surface area contributed by atoms with Crippen molar-refractivity contribution in [2.45, 2.75) is 32.3 Å². The van der Waals surface area contributed by atoms with E-state index in [0.29, 0.717) is 17.1 Å². The number of ketones is 1. The first-order valence-corrected chi connectivity index (χ1v) is 7.62. The zero-order valence-electron chi connectivity index (χ0n) is 13.5. The molecule has 0 aliphatic carbocycles. The average molecular weight is 312 g/mol. The van der Waals surface area contributed by atoms with Crippen LogP contribution < -0.4 is 9.47 Å². The van der Waals surface area contributed by atoms with Crippen LogP contribution in [-0.2, 0) is 5.41 Å². The number of phenolic OH excluding ortho intramolecular Hbond substituents is 1. The number of hydrogen-bond donors (Lipinski definition) is 1. The average Bonchev–Trinajstić information content (AvgIpc) is 2.50. The SMILES string of the molecule is CC(C)(C)c1ccc(OC2COc3cc(O)ccc3C2=O)cc1. The van der Waals surface area contributed by atoms with Crippen LogP contribution in [-0.4, -0.2) is 23.6 Å². The van der Waals surface area contributed by atoms with E-state index in [-0.39, 0.29) is 23.6 Å². The maximum Gasteiger partial charge on any atom is 0.210 e. The number of rotatable bonds is 2. The Morgan fingerprint density at radius 3 is 2.48 bits per heavy atom. The molecule has 3 rings (SSSR count). The Kier molecular flexibility index (Phi) is 3.76. The lowest BCUT2D eigenvalue weighted by molar-refractivity contribution is 0.0628. The lowest BCUT2D eigenvalue weighted by atomic mass is 9.87. The molecule has 1 aliphatic heterocycles. The molecule has 120 valence electrons. The molecule has 0 amide bonds. The molecule has 4 nitrogen and oxygen atoms in total. The van der Waals surface area contributed by atoms with Crippen LogP contribution in [0.5, 0.6) is 17.2 Å². The molecule has 0 aromatic heterocycles. The van der Waals surface area contributed by atoms with E-state index in [9.17, 15) is 9.90 Å². The lowest BCUT2D eigenvalue weighted by Gasteiger charge is -2.25. The van der Waals surface area contributed by atoms with Gasteiger partial charge in [0.1, 0.15) is 23.9 Å². The molecule has 0 spiro atoms. The third-order valence-corrected chi connectivity index (χ3v) is 3.91. The van der Waals surface area contributed by atoms with Crippen molar-refractivity contribution < 1.29 is 19.4 Å². The third-order valence-electron chi connectivity index (χ3n) is 3.91. The quantitative estimate of drug-likeness (QED) is 0.918. The number of phenols is 1. The first-order chi connectivity index (χ1) is 10.8. The molecule has 0 saturated carbocycles. The first kappa shape index (κ1) is 15.4. The standard InChI is InChI=1S/C19H20O4/c1-19(2,3)12-4-7-14(8-5-12)23-17-11-22-16-10-13(20)6-9-15(16)18(17)21/h4-10,17,20H,11H2,1-3H3. The van der Waals surface area contributed by atoms with E-state index in [2.05, 4.69) is 20.8 Å². The van der Waals surface area contributed by atoms with Crippen molar-refractivity contribution in [1.82, 2.24) is 0 Å². The van der Waals surface area contributed by atoms with Gasteiger partial charge >= 0.3 is 0 Å². The summed E-state index contributed by atoms with van der Waals surface area (Å²) in [6.07, 6.45) is -0.674. The second-order valence-electron chi connectivity index (χ2n) is 6.74. The van der Waals surface area contributed by atoms with Gasteiger partial charge in [0.2, 0.25) is 5.78 Å². The highest BCUT2D eigenvalue weighted by Gasteiger charge is 2.30. The van der Waals surface area contributed by atoms with E-state index in [1.54, 1.807) is 6.07 Å². The monoisotopic (exact) mass is 312 g/mol. The van der Waals surface area contributed by atoms with Crippen LogP contribution in [0.4, 0.5) is 0 Å². The van der Waals surface area contributed by atoms with Crippen LogP contribution in [0.1, 0.15) is 36.7 Å². The Labute approximate surface area is 135 Å². The predicted octanol–water partition coefficient (Wildman–Crippen LogP) is 3.71. The van der Waals surface area contributed by atoms with Gasteiger partial charge in [0.25, 0.3) is 0 Å². The molecule has 1 heterocycles. The van der Waals surface area contributed by atoms with Gasteiger partial charge in [-0.2, -0.15) is 0 Å². The van der Waals surface area contributed by atoms with Gasteiger partial charge in [-0.05, 0) is 35.2 Å². The zero-order valence-corrected chi connectivity index (χ0v) is 13.5. The van der Waals surface area contributed by atoms with E-state index in [1.165, 1.54) is 17.7 Å². The van der Waals surface area contributed by atoms with Gasteiger partial charge in [-0.15, -0.1) is 0 Å². The first-order valence-electron chi connectivity index (χ1n) is 7.62. The summed E-state index contributed by atoms with van der Waals surface area (Å²) in [6.45, 7) is 6.57. The second-order valence-corrected chi connectivity index (χ2v) is 6.74. The molecular weight excluding hydrogens is 292 g/mol. The number of benzene rings is 2. The molecule has 0 fully saturated rings. The molecule has 1 atom stereocenters. The molecule has 2 aromatic carbocycles. The zero-order chi connectivity index (χ0) is 16.6. The summed E-state index contributed by atoms with van der Waals surface area (Å²) < 4.78 is 11.3. The molecule has 1 N–H and O–H groups in total. The second kappa shape index (κ2) is 5.61. The summed E-state index contributed by atoms with van der Waals surface area (Å²) in [4.78, 5) is 12.5. The molecule has 2 aromatic rings. The van der Waals surface area contributed by atoms with Crippen molar-refractivity contribution >= 4 is 5.78 Å². The number of aromatic hydroxyl groups is 1. The Morgan fingerprint density at radius 1 is 1.13 bits per heavy atom. The molecule has 0 bridgehead atoms. The number of Topliss-reactive ketones (excluding diaryl/α,β-unsaturated/α-hetero) is 1. The van der Waals surface area contributed by atoms with Crippen LogP contribution >= 0.6 is 0 Å².